The molecule has 1 saturated carbocycles. The molecule has 3 atom stereocenters. The predicted octanol–water partition coefficient (Wildman–Crippen LogP) is 4.75. The zero-order valence-electron chi connectivity index (χ0n) is 19.8. The number of hydrogen-bond acceptors (Lipinski definition) is 4. The van der Waals surface area contributed by atoms with Crippen LogP contribution in [0.25, 0.3) is 0 Å². The van der Waals surface area contributed by atoms with Crippen LogP contribution in [0, 0.1) is 5.92 Å². The number of fused-ring (bicyclic) bond motifs is 1. The van der Waals surface area contributed by atoms with Crippen molar-refractivity contribution in [3.63, 3.8) is 0 Å². The highest BCUT2D eigenvalue weighted by Gasteiger charge is 2.47. The first-order chi connectivity index (χ1) is 17.2. The molecule has 2 aromatic carbocycles. The first-order valence-corrected chi connectivity index (χ1v) is 12.4. The van der Waals surface area contributed by atoms with Crippen molar-refractivity contribution in [3.05, 3.63) is 95.8 Å². The van der Waals surface area contributed by atoms with Gasteiger partial charge in [-0.2, -0.15) is 0 Å². The van der Waals surface area contributed by atoms with Gasteiger partial charge in [-0.05, 0) is 61.1 Å². The van der Waals surface area contributed by atoms with E-state index in [1.54, 1.807) is 12.4 Å². The lowest BCUT2D eigenvalue weighted by Crippen LogP contribution is -2.49. The number of likely N-dealkylation sites (tertiary alicyclic amines) is 1. The number of pyridine rings is 1. The second-order valence-electron chi connectivity index (χ2n) is 9.45. The van der Waals surface area contributed by atoms with Gasteiger partial charge in [0.1, 0.15) is 18.4 Å². The molecule has 1 saturated heterocycles. The van der Waals surface area contributed by atoms with Gasteiger partial charge < -0.3 is 15.0 Å². The van der Waals surface area contributed by atoms with Crippen molar-refractivity contribution in [2.45, 2.75) is 57.3 Å². The Morgan fingerprint density at radius 1 is 0.943 bits per heavy atom. The Bertz CT molecular complexity index is 1130. The van der Waals surface area contributed by atoms with E-state index in [0.29, 0.717) is 24.6 Å². The zero-order chi connectivity index (χ0) is 24.0. The first kappa shape index (κ1) is 23.1. The SMILES string of the molecule is O=C(NCc1ccc(OCc2cccnc2)cc1)C1CC2CCCCC2N1C(=O)c1ccccc1. The third-order valence-corrected chi connectivity index (χ3v) is 7.16. The molecule has 6 heteroatoms. The van der Waals surface area contributed by atoms with Crippen LogP contribution in [0.2, 0.25) is 0 Å². The molecular formula is C29H31N3O3. The molecule has 3 aromatic rings. The average molecular weight is 470 g/mol. The van der Waals surface area contributed by atoms with Crippen molar-refractivity contribution >= 4 is 11.8 Å². The molecule has 2 heterocycles. The van der Waals surface area contributed by atoms with E-state index < -0.39 is 6.04 Å². The summed E-state index contributed by atoms with van der Waals surface area (Å²) in [5, 5.41) is 3.08. The Hall–Kier alpha value is -3.67. The number of amides is 2. The van der Waals surface area contributed by atoms with Crippen molar-refractivity contribution in [1.82, 2.24) is 15.2 Å². The minimum atomic E-state index is -0.419. The van der Waals surface area contributed by atoms with Crippen molar-refractivity contribution < 1.29 is 14.3 Å². The maximum absolute atomic E-state index is 13.4. The number of carbonyl (C=O) groups is 2. The molecule has 1 aromatic heterocycles. The number of rotatable bonds is 7. The quantitative estimate of drug-likeness (QED) is 0.542. The fourth-order valence-electron chi connectivity index (χ4n) is 5.38. The summed E-state index contributed by atoms with van der Waals surface area (Å²) in [4.78, 5) is 32.7. The summed E-state index contributed by atoms with van der Waals surface area (Å²) in [6.45, 7) is 0.875. The van der Waals surface area contributed by atoms with Crippen LogP contribution in [-0.2, 0) is 17.9 Å². The number of nitrogens with one attached hydrogen (secondary N) is 1. The molecule has 6 nitrogen and oxygen atoms in total. The van der Waals surface area contributed by atoms with Gasteiger partial charge in [-0.25, -0.2) is 0 Å². The molecule has 3 unspecified atom stereocenters. The molecule has 1 N–H and O–H groups in total. The van der Waals surface area contributed by atoms with E-state index in [0.717, 1.165) is 42.6 Å². The number of aromatic nitrogens is 1. The van der Waals surface area contributed by atoms with E-state index in [4.69, 9.17) is 4.74 Å². The fraction of sp³-hybridized carbons (Fsp3) is 0.345. The second-order valence-corrected chi connectivity index (χ2v) is 9.45. The monoisotopic (exact) mass is 469 g/mol. The molecule has 180 valence electrons. The Labute approximate surface area is 206 Å². The molecule has 0 spiro atoms. The smallest absolute Gasteiger partial charge is 0.254 e. The lowest BCUT2D eigenvalue weighted by atomic mass is 9.84. The fourth-order valence-corrected chi connectivity index (χ4v) is 5.38. The second kappa shape index (κ2) is 10.7. The highest BCUT2D eigenvalue weighted by Crippen LogP contribution is 2.40. The number of carbonyl (C=O) groups excluding carboxylic acids is 2. The van der Waals surface area contributed by atoms with Crippen LogP contribution in [0.5, 0.6) is 5.75 Å². The molecule has 0 bridgehead atoms. The van der Waals surface area contributed by atoms with Crippen molar-refractivity contribution in [2.24, 2.45) is 5.92 Å². The van der Waals surface area contributed by atoms with Crippen LogP contribution >= 0.6 is 0 Å². The van der Waals surface area contributed by atoms with Crippen molar-refractivity contribution in [2.75, 3.05) is 0 Å². The van der Waals surface area contributed by atoms with Crippen LogP contribution in [0.3, 0.4) is 0 Å². The average Bonchev–Trinajstić information content (AvgIpc) is 3.31. The summed E-state index contributed by atoms with van der Waals surface area (Å²) in [6, 6.07) is 20.7. The maximum atomic E-state index is 13.4. The summed E-state index contributed by atoms with van der Waals surface area (Å²) in [5.74, 6) is 1.07. The Kier molecular flexibility index (Phi) is 7.07. The third kappa shape index (κ3) is 5.37. The van der Waals surface area contributed by atoms with E-state index in [9.17, 15) is 9.59 Å². The minimum absolute atomic E-state index is 0.0322. The summed E-state index contributed by atoms with van der Waals surface area (Å²) in [5.41, 5.74) is 2.65. The highest BCUT2D eigenvalue weighted by atomic mass is 16.5. The molecule has 0 radical (unpaired) electrons. The molecule has 2 aliphatic rings. The van der Waals surface area contributed by atoms with E-state index in [-0.39, 0.29) is 17.9 Å². The molecule has 1 aliphatic carbocycles. The largest absolute Gasteiger partial charge is 0.489 e. The Morgan fingerprint density at radius 3 is 2.51 bits per heavy atom. The van der Waals surface area contributed by atoms with Gasteiger partial charge in [-0.1, -0.05) is 49.2 Å². The molecule has 2 fully saturated rings. The van der Waals surface area contributed by atoms with Crippen LogP contribution in [0.1, 0.15) is 53.6 Å². The maximum Gasteiger partial charge on any atom is 0.254 e. The number of ether oxygens (including phenoxy) is 1. The van der Waals surface area contributed by atoms with Crippen molar-refractivity contribution in [3.8, 4) is 5.75 Å². The highest BCUT2D eigenvalue weighted by molar-refractivity contribution is 5.98. The Morgan fingerprint density at radius 2 is 1.74 bits per heavy atom. The summed E-state index contributed by atoms with van der Waals surface area (Å²) in [7, 11) is 0. The van der Waals surface area contributed by atoms with E-state index in [1.807, 2.05) is 71.6 Å². The van der Waals surface area contributed by atoms with Gasteiger partial charge in [0.25, 0.3) is 5.91 Å². The Balaban J connectivity index is 1.21. The molecule has 2 amide bonds. The van der Waals surface area contributed by atoms with Crippen molar-refractivity contribution in [1.29, 1.82) is 0 Å². The third-order valence-electron chi connectivity index (χ3n) is 7.16. The van der Waals surface area contributed by atoms with Crippen LogP contribution < -0.4 is 10.1 Å². The molecule has 1 aliphatic heterocycles. The summed E-state index contributed by atoms with van der Waals surface area (Å²) in [6.07, 6.45) is 8.64. The lowest BCUT2D eigenvalue weighted by Gasteiger charge is -2.33. The van der Waals surface area contributed by atoms with Gasteiger partial charge in [0.05, 0.1) is 0 Å². The summed E-state index contributed by atoms with van der Waals surface area (Å²) < 4.78 is 5.82. The van der Waals surface area contributed by atoms with E-state index in [1.165, 1.54) is 6.42 Å². The van der Waals surface area contributed by atoms with Gasteiger partial charge in [0.15, 0.2) is 0 Å². The van der Waals surface area contributed by atoms with E-state index in [2.05, 4.69) is 10.3 Å². The molecule has 5 rings (SSSR count). The van der Waals surface area contributed by atoms with Crippen LogP contribution in [0.4, 0.5) is 0 Å². The first-order valence-electron chi connectivity index (χ1n) is 12.4. The molecular weight excluding hydrogens is 438 g/mol. The van der Waals surface area contributed by atoms with Gasteiger partial charge >= 0.3 is 0 Å². The number of benzene rings is 2. The van der Waals surface area contributed by atoms with Gasteiger partial charge in [0.2, 0.25) is 5.91 Å². The van der Waals surface area contributed by atoms with Crippen LogP contribution in [-0.4, -0.2) is 33.8 Å². The summed E-state index contributed by atoms with van der Waals surface area (Å²) >= 11 is 0. The van der Waals surface area contributed by atoms with Gasteiger partial charge in [-0.15, -0.1) is 0 Å². The zero-order valence-corrected chi connectivity index (χ0v) is 19.8. The van der Waals surface area contributed by atoms with Gasteiger partial charge in [0, 0.05) is 36.1 Å². The molecule has 35 heavy (non-hydrogen) atoms. The van der Waals surface area contributed by atoms with Gasteiger partial charge in [-0.3, -0.25) is 14.6 Å². The normalized spacial score (nSPS) is 21.3. The van der Waals surface area contributed by atoms with E-state index >= 15 is 0 Å². The number of hydrogen-bond donors (Lipinski definition) is 1. The van der Waals surface area contributed by atoms with Crippen LogP contribution in [0.15, 0.2) is 79.1 Å². The topological polar surface area (TPSA) is 71.5 Å². The minimum Gasteiger partial charge on any atom is -0.489 e. The standard InChI is InChI=1S/C29H31N3O3/c33-28(31-19-21-12-14-25(15-13-21)35-20-22-7-6-16-30-18-22)27-17-24-10-4-5-11-26(24)32(27)29(34)23-8-2-1-3-9-23/h1-3,6-9,12-16,18,24,26-27H,4-5,10-11,17,19-20H2,(H,31,33). The predicted molar refractivity (Wildman–Crippen MR) is 134 cm³/mol. The number of nitrogens with zero attached hydrogens (tertiary/aromatic N) is 2. The lowest BCUT2D eigenvalue weighted by molar-refractivity contribution is -0.125.